The van der Waals surface area contributed by atoms with Crippen molar-refractivity contribution in [3.05, 3.63) is 52.8 Å². The molecule has 2 rings (SSSR count). The van der Waals surface area contributed by atoms with Crippen LogP contribution in [0.5, 0.6) is 0 Å². The van der Waals surface area contributed by atoms with E-state index in [1.807, 2.05) is 31.2 Å². The van der Waals surface area contributed by atoms with Crippen molar-refractivity contribution < 1.29 is 0 Å². The Morgan fingerprint density at radius 2 is 2.11 bits per heavy atom. The van der Waals surface area contributed by atoms with Crippen molar-refractivity contribution in [1.29, 1.82) is 0 Å². The second-order valence-corrected chi connectivity index (χ2v) is 4.75. The molecule has 0 unspecified atom stereocenters. The molecular weight excluding hydrogens is 266 g/mol. The van der Waals surface area contributed by atoms with Crippen molar-refractivity contribution in [3.63, 3.8) is 0 Å². The monoisotopic (exact) mass is 277 g/mol. The third-order valence-electron chi connectivity index (χ3n) is 2.42. The Kier molecular flexibility index (Phi) is 3.79. The molecule has 0 aliphatic carbocycles. The van der Waals surface area contributed by atoms with Gasteiger partial charge in [-0.15, -0.1) is 0 Å². The Balaban J connectivity index is 2.28. The predicted molar refractivity (Wildman–Crippen MR) is 79.6 cm³/mol. The molecule has 18 heavy (non-hydrogen) atoms. The molecule has 0 aliphatic heterocycles. The molecule has 0 bridgehead atoms. The zero-order valence-corrected chi connectivity index (χ0v) is 11.3. The van der Waals surface area contributed by atoms with E-state index >= 15 is 0 Å². The van der Waals surface area contributed by atoms with Crippen LogP contribution in [0.25, 0.3) is 0 Å². The molecule has 0 saturated carbocycles. The van der Waals surface area contributed by atoms with Gasteiger partial charge >= 0.3 is 0 Å². The van der Waals surface area contributed by atoms with Crippen molar-refractivity contribution in [3.8, 4) is 0 Å². The fourth-order valence-corrected chi connectivity index (χ4v) is 1.91. The molecule has 0 spiro atoms. The van der Waals surface area contributed by atoms with Gasteiger partial charge in [-0.2, -0.15) is 0 Å². The van der Waals surface area contributed by atoms with E-state index in [-0.39, 0.29) is 4.99 Å². The number of nitrogens with one attached hydrogen (secondary N) is 1. The summed E-state index contributed by atoms with van der Waals surface area (Å²) in [5.74, 6) is 0. The highest BCUT2D eigenvalue weighted by Gasteiger charge is 2.03. The number of hydrogen-bond donors (Lipinski definition) is 2. The lowest BCUT2D eigenvalue weighted by molar-refractivity contribution is 1.29. The normalized spacial score (nSPS) is 10.1. The maximum absolute atomic E-state index is 6.15. The Morgan fingerprint density at radius 3 is 2.78 bits per heavy atom. The molecule has 3 nitrogen and oxygen atoms in total. The van der Waals surface area contributed by atoms with Gasteiger partial charge in [0.1, 0.15) is 4.99 Å². The van der Waals surface area contributed by atoms with Crippen LogP contribution in [0.3, 0.4) is 0 Å². The molecule has 0 saturated heterocycles. The van der Waals surface area contributed by atoms with Gasteiger partial charge in [-0.1, -0.05) is 29.9 Å². The molecule has 5 heteroatoms. The van der Waals surface area contributed by atoms with E-state index in [0.717, 1.165) is 16.9 Å². The lowest BCUT2D eigenvalue weighted by Gasteiger charge is -2.09. The van der Waals surface area contributed by atoms with Crippen LogP contribution < -0.4 is 11.1 Å². The highest BCUT2D eigenvalue weighted by Crippen LogP contribution is 2.26. The number of rotatable bonds is 3. The number of hydrogen-bond acceptors (Lipinski definition) is 3. The first-order chi connectivity index (χ1) is 8.56. The van der Waals surface area contributed by atoms with Gasteiger partial charge in [0.05, 0.1) is 16.4 Å². The van der Waals surface area contributed by atoms with E-state index < -0.39 is 0 Å². The molecule has 1 aromatic carbocycles. The van der Waals surface area contributed by atoms with Crippen molar-refractivity contribution >= 4 is 40.2 Å². The van der Waals surface area contributed by atoms with Crippen LogP contribution in [0.15, 0.2) is 36.5 Å². The highest BCUT2D eigenvalue weighted by molar-refractivity contribution is 7.80. The number of aryl methyl sites for hydroxylation is 1. The number of pyridine rings is 1. The fourth-order valence-electron chi connectivity index (χ4n) is 1.52. The summed E-state index contributed by atoms with van der Waals surface area (Å²) in [6.45, 7) is 1.99. The highest BCUT2D eigenvalue weighted by atomic mass is 35.5. The fraction of sp³-hybridized carbons (Fsp3) is 0.0769. The minimum Gasteiger partial charge on any atom is -0.388 e. The number of halogens is 1. The zero-order chi connectivity index (χ0) is 13.1. The van der Waals surface area contributed by atoms with Gasteiger partial charge in [0, 0.05) is 11.9 Å². The molecular formula is C13H12ClN3S. The third kappa shape index (κ3) is 2.97. The first kappa shape index (κ1) is 12.8. The summed E-state index contributed by atoms with van der Waals surface area (Å²) < 4.78 is 0. The molecule has 0 atom stereocenters. The van der Waals surface area contributed by atoms with Gasteiger partial charge in [-0.25, -0.2) is 0 Å². The van der Waals surface area contributed by atoms with Crippen LogP contribution in [-0.2, 0) is 0 Å². The quantitative estimate of drug-likeness (QED) is 0.844. The number of thiocarbonyl (C=S) groups is 1. The molecule has 0 amide bonds. The molecule has 92 valence electrons. The van der Waals surface area contributed by atoms with Gasteiger partial charge in [0.25, 0.3) is 0 Å². The summed E-state index contributed by atoms with van der Waals surface area (Å²) in [6.07, 6.45) is 1.65. The van der Waals surface area contributed by atoms with Gasteiger partial charge in [-0.3, -0.25) is 4.98 Å². The Labute approximate surface area is 116 Å². The predicted octanol–water partition coefficient (Wildman–Crippen LogP) is 3.42. The number of benzene rings is 1. The Morgan fingerprint density at radius 1 is 1.33 bits per heavy atom. The summed E-state index contributed by atoms with van der Waals surface area (Å²) in [5.41, 5.74) is 8.92. The summed E-state index contributed by atoms with van der Waals surface area (Å²) in [5, 5.41) is 3.88. The van der Waals surface area contributed by atoms with Gasteiger partial charge in [0.15, 0.2) is 0 Å². The maximum atomic E-state index is 6.15. The second-order valence-electron chi connectivity index (χ2n) is 3.90. The summed E-state index contributed by atoms with van der Waals surface area (Å²) >= 11 is 11.0. The summed E-state index contributed by atoms with van der Waals surface area (Å²) in [4.78, 5) is 4.35. The topological polar surface area (TPSA) is 50.9 Å². The second kappa shape index (κ2) is 5.33. The molecule has 3 N–H and O–H groups in total. The molecule has 1 heterocycles. The molecule has 1 aromatic heterocycles. The molecule has 0 aliphatic rings. The lowest BCUT2D eigenvalue weighted by Crippen LogP contribution is -2.11. The summed E-state index contributed by atoms with van der Waals surface area (Å²) in [7, 11) is 0. The van der Waals surface area contributed by atoms with Crippen LogP contribution >= 0.6 is 23.8 Å². The molecule has 0 radical (unpaired) electrons. The Bertz CT molecular complexity index is 599. The third-order valence-corrected chi connectivity index (χ3v) is 2.94. The number of aromatic nitrogens is 1. The SMILES string of the molecule is Cc1ccc(Nc2ccnc(C(N)=S)c2)c(Cl)c1. The van der Waals surface area contributed by atoms with E-state index in [1.165, 1.54) is 0 Å². The van der Waals surface area contributed by atoms with Crippen LogP contribution in [0.4, 0.5) is 11.4 Å². The van der Waals surface area contributed by atoms with Gasteiger partial charge < -0.3 is 11.1 Å². The van der Waals surface area contributed by atoms with Crippen LogP contribution in [0.1, 0.15) is 11.3 Å². The lowest BCUT2D eigenvalue weighted by atomic mass is 10.2. The van der Waals surface area contributed by atoms with Crippen molar-refractivity contribution in [2.24, 2.45) is 5.73 Å². The van der Waals surface area contributed by atoms with Crippen molar-refractivity contribution in [2.45, 2.75) is 6.92 Å². The first-order valence-electron chi connectivity index (χ1n) is 5.35. The zero-order valence-electron chi connectivity index (χ0n) is 9.77. The van der Waals surface area contributed by atoms with Crippen molar-refractivity contribution in [1.82, 2.24) is 4.98 Å². The van der Waals surface area contributed by atoms with E-state index in [0.29, 0.717) is 10.7 Å². The summed E-state index contributed by atoms with van der Waals surface area (Å²) in [6, 6.07) is 9.44. The van der Waals surface area contributed by atoms with Crippen LogP contribution in [-0.4, -0.2) is 9.97 Å². The average molecular weight is 278 g/mol. The maximum Gasteiger partial charge on any atom is 0.122 e. The van der Waals surface area contributed by atoms with E-state index in [2.05, 4.69) is 10.3 Å². The molecule has 2 aromatic rings. The Hall–Kier alpha value is -1.65. The number of nitrogens with zero attached hydrogens (tertiary/aromatic N) is 1. The first-order valence-corrected chi connectivity index (χ1v) is 6.14. The average Bonchev–Trinajstić information content (AvgIpc) is 2.33. The largest absolute Gasteiger partial charge is 0.388 e. The minimum absolute atomic E-state index is 0.272. The van der Waals surface area contributed by atoms with E-state index in [9.17, 15) is 0 Å². The van der Waals surface area contributed by atoms with Crippen LogP contribution in [0, 0.1) is 6.92 Å². The standard InChI is InChI=1S/C13H12ClN3S/c1-8-2-3-11(10(14)6-8)17-9-4-5-16-12(7-9)13(15)18/h2-7H,1H3,(H2,15,18)(H,16,17). The molecule has 0 fully saturated rings. The smallest absolute Gasteiger partial charge is 0.122 e. The minimum atomic E-state index is 0.272. The van der Waals surface area contributed by atoms with E-state index in [4.69, 9.17) is 29.6 Å². The van der Waals surface area contributed by atoms with E-state index in [1.54, 1.807) is 12.3 Å². The van der Waals surface area contributed by atoms with Gasteiger partial charge in [0.2, 0.25) is 0 Å². The van der Waals surface area contributed by atoms with Gasteiger partial charge in [-0.05, 0) is 36.8 Å². The number of anilines is 2. The van der Waals surface area contributed by atoms with Crippen molar-refractivity contribution in [2.75, 3.05) is 5.32 Å². The van der Waals surface area contributed by atoms with Crippen LogP contribution in [0.2, 0.25) is 5.02 Å². The number of nitrogens with two attached hydrogens (primary N) is 1.